The lowest BCUT2D eigenvalue weighted by molar-refractivity contribution is -0.136. The molecule has 0 aliphatic carbocycles. The Bertz CT molecular complexity index is 401. The molecule has 2 N–H and O–H groups in total. The molecule has 3 aliphatic rings. The van der Waals surface area contributed by atoms with Gasteiger partial charge < -0.3 is 20.3 Å². The average Bonchev–Trinajstić information content (AvgIpc) is 3.10. The van der Waals surface area contributed by atoms with Crippen LogP contribution in [0.4, 0.5) is 0 Å². The summed E-state index contributed by atoms with van der Waals surface area (Å²) in [4.78, 5) is 28.3. The molecule has 0 spiro atoms. The van der Waals surface area contributed by atoms with E-state index in [-0.39, 0.29) is 29.9 Å². The first kappa shape index (κ1) is 14.8. The van der Waals surface area contributed by atoms with Crippen molar-refractivity contribution in [2.75, 3.05) is 32.8 Å². The van der Waals surface area contributed by atoms with Gasteiger partial charge in [0.1, 0.15) is 0 Å². The maximum Gasteiger partial charge on any atom is 0.227 e. The minimum absolute atomic E-state index is 0.0950. The zero-order valence-electron chi connectivity index (χ0n) is 12.5. The lowest BCUT2D eigenvalue weighted by Crippen LogP contribution is -2.45. The molecule has 2 amide bonds. The van der Waals surface area contributed by atoms with Gasteiger partial charge in [0, 0.05) is 45.2 Å². The molecule has 0 bridgehead atoms. The van der Waals surface area contributed by atoms with Gasteiger partial charge in [-0.25, -0.2) is 0 Å². The lowest BCUT2D eigenvalue weighted by Gasteiger charge is -2.32. The summed E-state index contributed by atoms with van der Waals surface area (Å²) in [6.45, 7) is 3.46. The van der Waals surface area contributed by atoms with Crippen LogP contribution in [0.1, 0.15) is 32.1 Å². The highest BCUT2D eigenvalue weighted by atomic mass is 16.5. The summed E-state index contributed by atoms with van der Waals surface area (Å²) in [5.74, 6) is 0.0517. The molecule has 3 saturated heterocycles. The van der Waals surface area contributed by atoms with Crippen molar-refractivity contribution in [3.05, 3.63) is 0 Å². The van der Waals surface area contributed by atoms with Gasteiger partial charge in [0.25, 0.3) is 0 Å². The minimum Gasteiger partial charge on any atom is -0.376 e. The van der Waals surface area contributed by atoms with Crippen molar-refractivity contribution in [1.29, 1.82) is 0 Å². The first-order valence-corrected chi connectivity index (χ1v) is 8.07. The number of likely N-dealkylation sites (tertiary alicyclic amines) is 2. The predicted molar refractivity (Wildman–Crippen MR) is 77.5 cm³/mol. The number of carbonyl (C=O) groups is 2. The van der Waals surface area contributed by atoms with Gasteiger partial charge in [-0.05, 0) is 25.7 Å². The number of nitrogens with zero attached hydrogens (tertiary/aromatic N) is 2. The minimum atomic E-state index is -0.173. The first-order chi connectivity index (χ1) is 10.1. The molecule has 3 rings (SSSR count). The molecular formula is C15H25N3O3. The highest BCUT2D eigenvalue weighted by Crippen LogP contribution is 2.24. The second kappa shape index (κ2) is 6.32. The van der Waals surface area contributed by atoms with E-state index >= 15 is 0 Å². The largest absolute Gasteiger partial charge is 0.376 e. The van der Waals surface area contributed by atoms with Crippen LogP contribution in [0.2, 0.25) is 0 Å². The van der Waals surface area contributed by atoms with Crippen molar-refractivity contribution >= 4 is 11.8 Å². The van der Waals surface area contributed by atoms with Crippen LogP contribution in [0.5, 0.6) is 0 Å². The standard InChI is InChI=1S/C15H25N3O3/c16-12-3-5-17(6-4-12)15(20)11-8-14(19)18(9-11)10-13-2-1-7-21-13/h11-13H,1-10,16H2. The van der Waals surface area contributed by atoms with Crippen molar-refractivity contribution in [2.24, 2.45) is 11.7 Å². The molecule has 21 heavy (non-hydrogen) atoms. The smallest absolute Gasteiger partial charge is 0.227 e. The highest BCUT2D eigenvalue weighted by molar-refractivity contribution is 5.89. The number of nitrogens with two attached hydrogens (primary N) is 1. The Morgan fingerprint density at radius 2 is 2.05 bits per heavy atom. The number of hydrogen-bond acceptors (Lipinski definition) is 4. The van der Waals surface area contributed by atoms with E-state index in [1.54, 1.807) is 0 Å². The Morgan fingerprint density at radius 1 is 1.29 bits per heavy atom. The Hall–Kier alpha value is -1.14. The molecule has 0 aromatic heterocycles. The average molecular weight is 295 g/mol. The van der Waals surface area contributed by atoms with E-state index in [0.717, 1.165) is 45.4 Å². The Balaban J connectivity index is 1.52. The molecule has 3 aliphatic heterocycles. The van der Waals surface area contributed by atoms with Crippen LogP contribution >= 0.6 is 0 Å². The van der Waals surface area contributed by atoms with Gasteiger partial charge in [0.15, 0.2) is 0 Å². The Kier molecular flexibility index (Phi) is 4.45. The first-order valence-electron chi connectivity index (χ1n) is 8.07. The molecule has 0 radical (unpaired) electrons. The zero-order valence-corrected chi connectivity index (χ0v) is 12.5. The number of ether oxygens (including phenoxy) is 1. The van der Waals surface area contributed by atoms with Crippen molar-refractivity contribution < 1.29 is 14.3 Å². The third-order valence-corrected chi connectivity index (χ3v) is 4.86. The van der Waals surface area contributed by atoms with E-state index in [1.165, 1.54) is 0 Å². The summed E-state index contributed by atoms with van der Waals surface area (Å²) in [5.41, 5.74) is 5.87. The van der Waals surface area contributed by atoms with Crippen LogP contribution in [0.25, 0.3) is 0 Å². The predicted octanol–water partition coefficient (Wildman–Crippen LogP) is -0.0364. The molecule has 6 nitrogen and oxygen atoms in total. The van der Waals surface area contributed by atoms with Crippen molar-refractivity contribution in [3.63, 3.8) is 0 Å². The summed E-state index contributed by atoms with van der Waals surface area (Å²) in [6, 6.07) is 0.218. The summed E-state index contributed by atoms with van der Waals surface area (Å²) in [5, 5.41) is 0. The summed E-state index contributed by atoms with van der Waals surface area (Å²) in [7, 11) is 0. The van der Waals surface area contributed by atoms with E-state index in [0.29, 0.717) is 19.5 Å². The molecule has 2 unspecified atom stereocenters. The van der Waals surface area contributed by atoms with Crippen LogP contribution in [-0.4, -0.2) is 66.5 Å². The summed E-state index contributed by atoms with van der Waals surface area (Å²) >= 11 is 0. The number of amides is 2. The zero-order chi connectivity index (χ0) is 14.8. The molecule has 118 valence electrons. The molecule has 0 aromatic rings. The fraction of sp³-hybridized carbons (Fsp3) is 0.867. The number of hydrogen-bond donors (Lipinski definition) is 1. The Labute approximate surface area is 125 Å². The van der Waals surface area contributed by atoms with E-state index in [4.69, 9.17) is 10.5 Å². The summed E-state index contributed by atoms with van der Waals surface area (Å²) in [6.07, 6.45) is 4.34. The molecule has 3 fully saturated rings. The number of rotatable bonds is 3. The number of carbonyl (C=O) groups excluding carboxylic acids is 2. The van der Waals surface area contributed by atoms with Crippen molar-refractivity contribution in [3.8, 4) is 0 Å². The fourth-order valence-corrected chi connectivity index (χ4v) is 3.53. The third-order valence-electron chi connectivity index (χ3n) is 4.86. The molecule has 6 heteroatoms. The molecule has 3 heterocycles. The van der Waals surface area contributed by atoms with Crippen LogP contribution in [0.3, 0.4) is 0 Å². The quantitative estimate of drug-likeness (QED) is 0.793. The molecule has 2 atom stereocenters. The van der Waals surface area contributed by atoms with Crippen molar-refractivity contribution in [2.45, 2.75) is 44.2 Å². The SMILES string of the molecule is NC1CCN(C(=O)C2CC(=O)N(CC3CCCO3)C2)CC1. The molecular weight excluding hydrogens is 270 g/mol. The summed E-state index contributed by atoms with van der Waals surface area (Å²) < 4.78 is 5.58. The fourth-order valence-electron chi connectivity index (χ4n) is 3.53. The van der Waals surface area contributed by atoms with Gasteiger partial charge in [-0.1, -0.05) is 0 Å². The normalized spacial score (nSPS) is 31.2. The van der Waals surface area contributed by atoms with E-state index < -0.39 is 0 Å². The maximum absolute atomic E-state index is 12.5. The second-order valence-corrected chi connectivity index (χ2v) is 6.50. The van der Waals surface area contributed by atoms with Gasteiger partial charge in [-0.2, -0.15) is 0 Å². The Morgan fingerprint density at radius 3 is 2.71 bits per heavy atom. The number of piperidine rings is 1. The second-order valence-electron chi connectivity index (χ2n) is 6.50. The topological polar surface area (TPSA) is 75.9 Å². The van der Waals surface area contributed by atoms with Gasteiger partial charge in [0.05, 0.1) is 12.0 Å². The van der Waals surface area contributed by atoms with Crippen LogP contribution in [0.15, 0.2) is 0 Å². The highest BCUT2D eigenvalue weighted by Gasteiger charge is 2.38. The lowest BCUT2D eigenvalue weighted by atomic mass is 10.0. The molecule has 0 saturated carbocycles. The van der Waals surface area contributed by atoms with Crippen LogP contribution < -0.4 is 5.73 Å². The molecule has 0 aromatic carbocycles. The van der Waals surface area contributed by atoms with Gasteiger partial charge in [-0.15, -0.1) is 0 Å². The third kappa shape index (κ3) is 3.37. The monoisotopic (exact) mass is 295 g/mol. The van der Waals surface area contributed by atoms with E-state index in [9.17, 15) is 9.59 Å². The van der Waals surface area contributed by atoms with Crippen LogP contribution in [0, 0.1) is 5.92 Å². The van der Waals surface area contributed by atoms with Gasteiger partial charge >= 0.3 is 0 Å². The van der Waals surface area contributed by atoms with Crippen LogP contribution in [-0.2, 0) is 14.3 Å². The van der Waals surface area contributed by atoms with E-state index in [2.05, 4.69) is 0 Å². The van der Waals surface area contributed by atoms with E-state index in [1.807, 2.05) is 9.80 Å². The maximum atomic E-state index is 12.5. The van der Waals surface area contributed by atoms with Gasteiger partial charge in [0.2, 0.25) is 11.8 Å². The van der Waals surface area contributed by atoms with Gasteiger partial charge in [-0.3, -0.25) is 9.59 Å². The van der Waals surface area contributed by atoms with Crippen molar-refractivity contribution in [1.82, 2.24) is 9.80 Å².